The molecule has 0 aliphatic carbocycles. The van der Waals surface area contributed by atoms with E-state index >= 15 is 0 Å². The maximum absolute atomic E-state index is 12.8. The number of benzene rings is 1. The molecule has 8 heteroatoms. The lowest BCUT2D eigenvalue weighted by Crippen LogP contribution is -2.50. The normalized spacial score (nSPS) is 14.0. The van der Waals surface area contributed by atoms with Gasteiger partial charge in [0.05, 0.1) is 5.92 Å². The van der Waals surface area contributed by atoms with Gasteiger partial charge in [-0.15, -0.1) is 0 Å². The van der Waals surface area contributed by atoms with E-state index in [1.807, 2.05) is 0 Å². The summed E-state index contributed by atoms with van der Waals surface area (Å²) in [5.41, 5.74) is 0.632. The second-order valence-electron chi connectivity index (χ2n) is 4.58. The number of ether oxygens (including phenoxy) is 1. The topological polar surface area (TPSA) is 75.6 Å². The molecule has 0 radical (unpaired) electrons. The number of alkyl halides is 3. The van der Waals surface area contributed by atoms with E-state index in [1.54, 1.807) is 35.6 Å². The van der Waals surface area contributed by atoms with Gasteiger partial charge in [0.1, 0.15) is 12.6 Å². The van der Waals surface area contributed by atoms with E-state index in [1.165, 1.54) is 6.92 Å². The minimum Gasteiger partial charge on any atom is -0.480 e. The van der Waals surface area contributed by atoms with Crippen LogP contribution in [0.3, 0.4) is 0 Å². The molecule has 2 atom stereocenters. The van der Waals surface area contributed by atoms with Crippen molar-refractivity contribution in [1.82, 2.24) is 5.32 Å². The van der Waals surface area contributed by atoms with Gasteiger partial charge in [-0.2, -0.15) is 13.2 Å². The number of halogens is 3. The Morgan fingerprint density at radius 2 is 1.86 bits per heavy atom. The molecule has 0 saturated carbocycles. The predicted octanol–water partition coefficient (Wildman–Crippen LogP) is 2.95. The largest absolute Gasteiger partial charge is 0.480 e. The van der Waals surface area contributed by atoms with Crippen LogP contribution in [0.5, 0.6) is 0 Å². The number of carbonyl (C=O) groups excluding carboxylic acids is 1. The molecule has 2 N–H and O–H groups in total. The number of hydrogen-bond acceptors (Lipinski definition) is 3. The van der Waals surface area contributed by atoms with Crippen molar-refractivity contribution in [3.05, 3.63) is 35.9 Å². The van der Waals surface area contributed by atoms with Crippen LogP contribution in [0.25, 0.3) is 0 Å². The fraction of sp³-hybridized carbons (Fsp3) is 0.429. The fourth-order valence-electron chi connectivity index (χ4n) is 1.88. The number of carboxylic acids is 1. The number of rotatable bonds is 6. The van der Waals surface area contributed by atoms with Crippen LogP contribution in [0.1, 0.15) is 18.9 Å². The Bertz CT molecular complexity index is 505. The second kappa shape index (κ2) is 7.67. The Morgan fingerprint density at radius 3 is 2.32 bits per heavy atom. The highest BCUT2D eigenvalue weighted by Gasteiger charge is 2.47. The van der Waals surface area contributed by atoms with Crippen LogP contribution >= 0.6 is 0 Å². The van der Waals surface area contributed by atoms with Gasteiger partial charge in [-0.1, -0.05) is 37.3 Å². The summed E-state index contributed by atoms with van der Waals surface area (Å²) in [5, 5.41) is 10.7. The number of carbonyl (C=O) groups is 2. The number of carboxylic acid groups (broad SMARTS) is 1. The average molecular weight is 319 g/mol. The summed E-state index contributed by atoms with van der Waals surface area (Å²) >= 11 is 0. The third-order valence-electron chi connectivity index (χ3n) is 3.01. The van der Waals surface area contributed by atoms with E-state index in [0.717, 1.165) is 0 Å². The zero-order valence-corrected chi connectivity index (χ0v) is 11.8. The van der Waals surface area contributed by atoms with Crippen molar-refractivity contribution in [2.45, 2.75) is 32.2 Å². The van der Waals surface area contributed by atoms with E-state index in [9.17, 15) is 22.8 Å². The highest BCUT2D eigenvalue weighted by atomic mass is 19.4. The van der Waals surface area contributed by atoms with Gasteiger partial charge in [0.15, 0.2) is 0 Å². The van der Waals surface area contributed by atoms with Crippen molar-refractivity contribution in [2.75, 3.05) is 0 Å². The van der Waals surface area contributed by atoms with Crippen LogP contribution in [0.4, 0.5) is 18.0 Å². The summed E-state index contributed by atoms with van der Waals surface area (Å²) in [5.74, 6) is -3.95. The summed E-state index contributed by atoms with van der Waals surface area (Å²) in [6.07, 6.45) is -6.41. The first-order valence-electron chi connectivity index (χ1n) is 6.52. The molecule has 122 valence electrons. The number of hydrogen-bond donors (Lipinski definition) is 2. The van der Waals surface area contributed by atoms with Crippen molar-refractivity contribution in [3.8, 4) is 0 Å². The number of amides is 1. The van der Waals surface area contributed by atoms with Crippen LogP contribution in [0, 0.1) is 5.92 Å². The lowest BCUT2D eigenvalue weighted by atomic mass is 9.96. The Balaban J connectivity index is 2.66. The lowest BCUT2D eigenvalue weighted by Gasteiger charge is -2.25. The van der Waals surface area contributed by atoms with Crippen molar-refractivity contribution < 1.29 is 32.6 Å². The van der Waals surface area contributed by atoms with Crippen molar-refractivity contribution >= 4 is 12.1 Å². The van der Waals surface area contributed by atoms with Crippen molar-refractivity contribution in [2.24, 2.45) is 5.92 Å². The maximum atomic E-state index is 12.8. The quantitative estimate of drug-likeness (QED) is 0.845. The molecule has 5 nitrogen and oxygen atoms in total. The lowest BCUT2D eigenvalue weighted by molar-refractivity contribution is -0.189. The molecule has 0 spiro atoms. The van der Waals surface area contributed by atoms with E-state index in [2.05, 4.69) is 0 Å². The molecule has 0 bridgehead atoms. The fourth-order valence-corrected chi connectivity index (χ4v) is 1.88. The Labute approximate surface area is 125 Å². The smallest absolute Gasteiger partial charge is 0.408 e. The van der Waals surface area contributed by atoms with Gasteiger partial charge in [0.25, 0.3) is 0 Å². The summed E-state index contributed by atoms with van der Waals surface area (Å²) < 4.78 is 43.1. The molecule has 0 fully saturated rings. The van der Waals surface area contributed by atoms with Crippen LogP contribution in [0.15, 0.2) is 30.3 Å². The first-order chi connectivity index (χ1) is 10.3. The zero-order valence-electron chi connectivity index (χ0n) is 11.8. The molecule has 1 aromatic rings. The van der Waals surface area contributed by atoms with Gasteiger partial charge in [-0.25, -0.2) is 9.59 Å². The van der Waals surface area contributed by atoms with Gasteiger partial charge in [0.2, 0.25) is 0 Å². The molecular formula is C14H16F3NO4. The highest BCUT2D eigenvalue weighted by Crippen LogP contribution is 2.31. The first kappa shape index (κ1) is 17.8. The molecule has 0 aromatic heterocycles. The van der Waals surface area contributed by atoms with Gasteiger partial charge in [-0.3, -0.25) is 0 Å². The third kappa shape index (κ3) is 5.27. The molecule has 1 amide bonds. The molecule has 0 saturated heterocycles. The average Bonchev–Trinajstić information content (AvgIpc) is 2.44. The minimum absolute atomic E-state index is 0.165. The maximum Gasteiger partial charge on any atom is 0.408 e. The number of aliphatic carboxylic acids is 1. The van der Waals surface area contributed by atoms with Crippen LogP contribution in [-0.4, -0.2) is 29.4 Å². The summed E-state index contributed by atoms with van der Waals surface area (Å²) in [6.45, 7) is 1.03. The van der Waals surface area contributed by atoms with Gasteiger partial charge in [-0.05, 0) is 12.0 Å². The van der Waals surface area contributed by atoms with Gasteiger partial charge >= 0.3 is 18.2 Å². The zero-order chi connectivity index (χ0) is 16.8. The standard InChI is InChI=1S/C14H16F3NO4/c1-2-10(14(15,16)17)11(12(19)20)18-13(21)22-8-9-6-4-3-5-7-9/h3-7,10-11H,2,8H2,1H3,(H,18,21)(H,19,20)/t10-,11+/m1/s1. The van der Waals surface area contributed by atoms with E-state index in [4.69, 9.17) is 9.84 Å². The molecule has 0 heterocycles. The summed E-state index contributed by atoms with van der Waals surface area (Å²) in [6, 6.07) is 6.38. The molecular weight excluding hydrogens is 303 g/mol. The van der Waals surface area contributed by atoms with Gasteiger partial charge < -0.3 is 15.2 Å². The van der Waals surface area contributed by atoms with Crippen molar-refractivity contribution in [3.63, 3.8) is 0 Å². The first-order valence-corrected chi connectivity index (χ1v) is 6.52. The molecule has 0 aliphatic heterocycles. The molecule has 0 aliphatic rings. The van der Waals surface area contributed by atoms with Crippen LogP contribution in [0.2, 0.25) is 0 Å². The second-order valence-corrected chi connectivity index (χ2v) is 4.58. The number of nitrogens with one attached hydrogen (secondary N) is 1. The highest BCUT2D eigenvalue weighted by molar-refractivity contribution is 5.80. The van der Waals surface area contributed by atoms with Crippen LogP contribution in [-0.2, 0) is 16.1 Å². The van der Waals surface area contributed by atoms with Crippen LogP contribution < -0.4 is 5.32 Å². The minimum atomic E-state index is -4.73. The van der Waals surface area contributed by atoms with E-state index in [-0.39, 0.29) is 6.61 Å². The molecule has 0 unspecified atom stereocenters. The third-order valence-corrected chi connectivity index (χ3v) is 3.01. The predicted molar refractivity (Wildman–Crippen MR) is 71.0 cm³/mol. The SMILES string of the molecule is CC[C@H]([C@H](NC(=O)OCc1ccccc1)C(=O)O)C(F)(F)F. The number of alkyl carbamates (subject to hydrolysis) is 1. The van der Waals surface area contributed by atoms with E-state index in [0.29, 0.717) is 5.56 Å². The molecule has 1 aromatic carbocycles. The Kier molecular flexibility index (Phi) is 6.21. The van der Waals surface area contributed by atoms with E-state index < -0.39 is 36.6 Å². The molecule has 22 heavy (non-hydrogen) atoms. The molecule has 1 rings (SSSR count). The van der Waals surface area contributed by atoms with Crippen molar-refractivity contribution in [1.29, 1.82) is 0 Å². The Morgan fingerprint density at radius 1 is 1.27 bits per heavy atom. The monoisotopic (exact) mass is 319 g/mol. The summed E-state index contributed by atoms with van der Waals surface area (Å²) in [7, 11) is 0. The Hall–Kier alpha value is -2.25. The van der Waals surface area contributed by atoms with Gasteiger partial charge in [0, 0.05) is 0 Å². The summed E-state index contributed by atoms with van der Waals surface area (Å²) in [4.78, 5) is 22.5.